The first-order chi connectivity index (χ1) is 13.0. The van der Waals surface area contributed by atoms with Gasteiger partial charge in [0, 0.05) is 17.8 Å². The normalized spacial score (nSPS) is 12.1. The minimum atomic E-state index is -4.57. The van der Waals surface area contributed by atoms with Crippen LogP contribution in [0.3, 0.4) is 0 Å². The summed E-state index contributed by atoms with van der Waals surface area (Å²) in [5.41, 5.74) is -1.14. The third-order valence-electron chi connectivity index (χ3n) is 3.71. The van der Waals surface area contributed by atoms with Gasteiger partial charge in [0.2, 0.25) is 0 Å². The Morgan fingerprint density at radius 3 is 2.54 bits per heavy atom. The second-order valence-corrected chi connectivity index (χ2v) is 7.34. The summed E-state index contributed by atoms with van der Waals surface area (Å²) in [7, 11) is 0. The molecular weight excluding hydrogens is 393 g/mol. The molecule has 0 saturated carbocycles. The molecule has 28 heavy (non-hydrogen) atoms. The minimum Gasteiger partial charge on any atom is -0.452 e. The lowest BCUT2D eigenvalue weighted by atomic mass is 10.1. The molecule has 3 heterocycles. The second kappa shape index (κ2) is 7.36. The van der Waals surface area contributed by atoms with Crippen molar-refractivity contribution >= 4 is 22.3 Å². The molecule has 0 aliphatic heterocycles. The van der Waals surface area contributed by atoms with Crippen LogP contribution in [0.5, 0.6) is 11.5 Å². The van der Waals surface area contributed by atoms with Crippen molar-refractivity contribution in [1.82, 2.24) is 15.0 Å². The zero-order chi connectivity index (χ0) is 20.5. The predicted octanol–water partition coefficient (Wildman–Crippen LogP) is 5.02. The van der Waals surface area contributed by atoms with Crippen LogP contribution >= 0.6 is 11.3 Å². The van der Waals surface area contributed by atoms with Crippen molar-refractivity contribution in [2.75, 3.05) is 5.32 Å². The Morgan fingerprint density at radius 1 is 1.18 bits per heavy atom. The third-order valence-corrected chi connectivity index (χ3v) is 4.47. The molecule has 10 heteroatoms. The first-order valence-electron chi connectivity index (χ1n) is 8.16. The Bertz CT molecular complexity index is 983. The lowest BCUT2D eigenvalue weighted by Gasteiger charge is -2.15. The van der Waals surface area contributed by atoms with E-state index in [1.165, 1.54) is 11.3 Å². The minimum absolute atomic E-state index is 0.0629. The van der Waals surface area contributed by atoms with E-state index in [1.807, 2.05) is 0 Å². The number of aryl methyl sites for hydroxylation is 1. The molecule has 6 nitrogen and oxygen atoms in total. The van der Waals surface area contributed by atoms with Crippen molar-refractivity contribution in [3.8, 4) is 11.5 Å². The number of nitrogens with zero attached hydrogens (tertiary/aromatic N) is 3. The Labute approximate surface area is 163 Å². The first kappa shape index (κ1) is 20.0. The maximum atomic E-state index is 13.1. The second-order valence-electron chi connectivity index (χ2n) is 6.48. The first-order valence-corrected chi connectivity index (χ1v) is 9.04. The van der Waals surface area contributed by atoms with Gasteiger partial charge >= 0.3 is 6.18 Å². The summed E-state index contributed by atoms with van der Waals surface area (Å²) in [6.07, 6.45) is -2.29. The molecule has 0 aliphatic rings. The number of rotatable bonds is 5. The van der Waals surface area contributed by atoms with Crippen molar-refractivity contribution < 1.29 is 23.0 Å². The number of thiazole rings is 1. The Morgan fingerprint density at radius 2 is 1.93 bits per heavy atom. The number of hydrogen-bond donors (Lipinski definition) is 2. The lowest BCUT2D eigenvalue weighted by Crippen LogP contribution is -2.15. The zero-order valence-corrected chi connectivity index (χ0v) is 16.0. The average molecular weight is 410 g/mol. The van der Waals surface area contributed by atoms with Gasteiger partial charge < -0.3 is 15.2 Å². The van der Waals surface area contributed by atoms with Crippen LogP contribution in [0.1, 0.15) is 30.8 Å². The summed E-state index contributed by atoms with van der Waals surface area (Å²) in [4.78, 5) is 12.2. The molecule has 148 valence electrons. The molecule has 0 amide bonds. The summed E-state index contributed by atoms with van der Waals surface area (Å²) < 4.78 is 45.0. The lowest BCUT2D eigenvalue weighted by molar-refractivity contribution is -0.137. The largest absolute Gasteiger partial charge is 0.452 e. The fourth-order valence-corrected chi connectivity index (χ4v) is 3.05. The van der Waals surface area contributed by atoms with Crippen molar-refractivity contribution in [2.24, 2.45) is 0 Å². The summed E-state index contributed by atoms with van der Waals surface area (Å²) in [5.74, 6) is 0.252. The predicted molar refractivity (Wildman–Crippen MR) is 98.9 cm³/mol. The highest BCUT2D eigenvalue weighted by Crippen LogP contribution is 2.37. The number of alkyl halides is 3. The van der Waals surface area contributed by atoms with Gasteiger partial charge in [0.25, 0.3) is 0 Å². The van der Waals surface area contributed by atoms with Crippen molar-refractivity contribution in [2.45, 2.75) is 32.5 Å². The molecule has 0 saturated heterocycles. The number of hydrogen-bond acceptors (Lipinski definition) is 7. The maximum Gasteiger partial charge on any atom is 0.418 e. The van der Waals surface area contributed by atoms with Crippen LogP contribution in [0.2, 0.25) is 0 Å². The van der Waals surface area contributed by atoms with Gasteiger partial charge in [0.1, 0.15) is 11.4 Å². The zero-order valence-electron chi connectivity index (χ0n) is 15.2. The summed E-state index contributed by atoms with van der Waals surface area (Å²) in [6, 6.07) is 4.08. The number of halogens is 3. The Kier molecular flexibility index (Phi) is 5.26. The van der Waals surface area contributed by atoms with Gasteiger partial charge in [-0.25, -0.2) is 9.97 Å². The third kappa shape index (κ3) is 4.57. The fraction of sp³-hybridized carbons (Fsp3) is 0.278. The SMILES string of the molecule is Cc1ncccc1Oc1cc(C(F)(F)F)cnc1Nc1nc(C(C)(C)O)cs1. The van der Waals surface area contributed by atoms with Gasteiger partial charge in [-0.15, -0.1) is 11.3 Å². The number of pyridine rings is 2. The quantitative estimate of drug-likeness (QED) is 0.615. The van der Waals surface area contributed by atoms with E-state index in [4.69, 9.17) is 4.74 Å². The monoisotopic (exact) mass is 410 g/mol. The maximum absolute atomic E-state index is 13.1. The molecule has 0 aromatic carbocycles. The molecular formula is C18H17F3N4O2S. The molecule has 0 bridgehead atoms. The number of aliphatic hydroxyl groups is 1. The van der Waals surface area contributed by atoms with E-state index in [2.05, 4.69) is 20.3 Å². The van der Waals surface area contributed by atoms with Gasteiger partial charge in [-0.2, -0.15) is 13.2 Å². The van der Waals surface area contributed by atoms with Crippen LogP contribution < -0.4 is 10.1 Å². The van der Waals surface area contributed by atoms with Crippen LogP contribution in [0.25, 0.3) is 0 Å². The topological polar surface area (TPSA) is 80.2 Å². The molecule has 0 spiro atoms. The summed E-state index contributed by atoms with van der Waals surface area (Å²) in [6.45, 7) is 4.85. The highest BCUT2D eigenvalue weighted by molar-refractivity contribution is 7.13. The molecule has 0 unspecified atom stereocenters. The van der Waals surface area contributed by atoms with E-state index in [9.17, 15) is 18.3 Å². The van der Waals surface area contributed by atoms with E-state index < -0.39 is 17.3 Å². The molecule has 3 aromatic heterocycles. The van der Waals surface area contributed by atoms with Crippen LogP contribution in [-0.2, 0) is 11.8 Å². The van der Waals surface area contributed by atoms with Gasteiger partial charge in [-0.3, -0.25) is 4.98 Å². The number of ether oxygens (including phenoxy) is 1. The molecule has 2 N–H and O–H groups in total. The number of aromatic nitrogens is 3. The number of nitrogens with one attached hydrogen (secondary N) is 1. The highest BCUT2D eigenvalue weighted by Gasteiger charge is 2.32. The molecule has 3 rings (SSSR count). The van der Waals surface area contributed by atoms with E-state index in [-0.39, 0.29) is 11.6 Å². The van der Waals surface area contributed by atoms with Gasteiger partial charge in [0.05, 0.1) is 17.0 Å². The molecule has 0 atom stereocenters. The molecule has 0 radical (unpaired) electrons. The van der Waals surface area contributed by atoms with Crippen LogP contribution in [0, 0.1) is 6.92 Å². The van der Waals surface area contributed by atoms with Crippen molar-refractivity contribution in [1.29, 1.82) is 0 Å². The standard InChI is InChI=1S/C18H17F3N4O2S/c1-10-12(5-4-6-22-10)27-13-7-11(18(19,20)21)8-23-15(13)25-16-24-14(9-28-16)17(2,3)26/h4-9,26H,1-3H3,(H,23,24,25). The van der Waals surface area contributed by atoms with Gasteiger partial charge in [-0.1, -0.05) is 0 Å². The number of anilines is 2. The van der Waals surface area contributed by atoms with Crippen LogP contribution in [-0.4, -0.2) is 20.1 Å². The summed E-state index contributed by atoms with van der Waals surface area (Å²) in [5, 5.41) is 14.9. The van der Waals surface area contributed by atoms with Gasteiger partial charge in [0.15, 0.2) is 16.7 Å². The van der Waals surface area contributed by atoms with E-state index in [1.54, 1.807) is 44.5 Å². The highest BCUT2D eigenvalue weighted by atomic mass is 32.1. The van der Waals surface area contributed by atoms with E-state index >= 15 is 0 Å². The van der Waals surface area contributed by atoms with Crippen LogP contribution in [0.4, 0.5) is 24.1 Å². The summed E-state index contributed by atoms with van der Waals surface area (Å²) >= 11 is 1.19. The van der Waals surface area contributed by atoms with Crippen LogP contribution in [0.15, 0.2) is 36.0 Å². The van der Waals surface area contributed by atoms with Crippen molar-refractivity contribution in [3.05, 3.63) is 52.9 Å². The average Bonchev–Trinajstić information content (AvgIpc) is 3.06. The smallest absolute Gasteiger partial charge is 0.418 e. The van der Waals surface area contributed by atoms with Crippen molar-refractivity contribution in [3.63, 3.8) is 0 Å². The molecule has 0 aliphatic carbocycles. The Balaban J connectivity index is 1.98. The van der Waals surface area contributed by atoms with E-state index in [0.29, 0.717) is 22.3 Å². The Hall–Kier alpha value is -2.72. The molecule has 3 aromatic rings. The van der Waals surface area contributed by atoms with Gasteiger partial charge in [-0.05, 0) is 39.0 Å². The van der Waals surface area contributed by atoms with E-state index in [0.717, 1.165) is 12.3 Å². The molecule has 0 fully saturated rings. The fourth-order valence-electron chi connectivity index (χ4n) is 2.18.